The van der Waals surface area contributed by atoms with Gasteiger partial charge in [0.1, 0.15) is 0 Å². The van der Waals surface area contributed by atoms with Gasteiger partial charge in [-0.15, -0.1) is 0 Å². The highest BCUT2D eigenvalue weighted by Gasteiger charge is 2.25. The van der Waals surface area contributed by atoms with Gasteiger partial charge in [0, 0.05) is 13.0 Å². The number of hydrogen-bond acceptors (Lipinski definition) is 3. The Bertz CT molecular complexity index is 247. The van der Waals surface area contributed by atoms with E-state index in [0.717, 1.165) is 25.9 Å². The van der Waals surface area contributed by atoms with Crippen molar-refractivity contribution in [2.24, 2.45) is 5.92 Å². The monoisotopic (exact) mass is 196 g/mol. The van der Waals surface area contributed by atoms with E-state index in [2.05, 4.69) is 11.0 Å². The van der Waals surface area contributed by atoms with Crippen molar-refractivity contribution in [2.45, 2.75) is 32.2 Å². The van der Waals surface area contributed by atoms with Crippen LogP contribution in [0.25, 0.3) is 0 Å². The van der Waals surface area contributed by atoms with Crippen LogP contribution in [0, 0.1) is 17.2 Å². The molecule has 1 saturated heterocycles. The summed E-state index contributed by atoms with van der Waals surface area (Å²) in [6.45, 7) is 3.70. The lowest BCUT2D eigenvalue weighted by atomic mass is 10.0. The highest BCUT2D eigenvalue weighted by molar-refractivity contribution is 5.66. The van der Waals surface area contributed by atoms with Crippen LogP contribution in [0.4, 0.5) is 0 Å². The molecule has 1 aliphatic heterocycles. The molecule has 0 aromatic rings. The van der Waals surface area contributed by atoms with Crippen molar-refractivity contribution < 1.29 is 9.90 Å². The molecule has 0 saturated carbocycles. The molecule has 1 heterocycles. The second-order valence-corrected chi connectivity index (χ2v) is 3.89. The van der Waals surface area contributed by atoms with Gasteiger partial charge in [0.2, 0.25) is 0 Å². The van der Waals surface area contributed by atoms with E-state index >= 15 is 0 Å². The van der Waals surface area contributed by atoms with Crippen LogP contribution >= 0.6 is 0 Å². The Kier molecular flexibility index (Phi) is 3.90. The van der Waals surface area contributed by atoms with Crippen molar-refractivity contribution in [1.29, 1.82) is 5.26 Å². The third-order valence-corrected chi connectivity index (χ3v) is 2.82. The number of aliphatic carboxylic acids is 1. The molecule has 2 unspecified atom stereocenters. The summed E-state index contributed by atoms with van der Waals surface area (Å²) < 4.78 is 0. The van der Waals surface area contributed by atoms with E-state index in [1.165, 1.54) is 0 Å². The first kappa shape index (κ1) is 11.0. The molecule has 1 rings (SSSR count). The van der Waals surface area contributed by atoms with E-state index < -0.39 is 5.97 Å². The van der Waals surface area contributed by atoms with Gasteiger partial charge < -0.3 is 5.11 Å². The number of hydrogen-bond donors (Lipinski definition) is 1. The average Bonchev–Trinajstić information content (AvgIpc) is 2.62. The molecule has 0 aromatic heterocycles. The Morgan fingerprint density at radius 2 is 2.50 bits per heavy atom. The summed E-state index contributed by atoms with van der Waals surface area (Å²) in [6, 6.07) is 2.16. The molecule has 78 valence electrons. The molecule has 2 atom stereocenters. The van der Waals surface area contributed by atoms with E-state index in [4.69, 9.17) is 10.4 Å². The molecule has 0 spiro atoms. The second-order valence-electron chi connectivity index (χ2n) is 3.89. The lowest BCUT2D eigenvalue weighted by Crippen LogP contribution is -2.29. The molecular formula is C10H16N2O2. The van der Waals surface area contributed by atoms with Crippen LogP contribution in [-0.4, -0.2) is 35.1 Å². The zero-order valence-electron chi connectivity index (χ0n) is 8.44. The number of carboxylic acid groups (broad SMARTS) is 1. The van der Waals surface area contributed by atoms with Crippen molar-refractivity contribution >= 4 is 5.97 Å². The van der Waals surface area contributed by atoms with E-state index in [9.17, 15) is 4.79 Å². The Hall–Kier alpha value is -1.08. The minimum Gasteiger partial charge on any atom is -0.481 e. The number of carboxylic acids is 1. The number of nitrogens with zero attached hydrogens (tertiary/aromatic N) is 2. The molecular weight excluding hydrogens is 180 g/mol. The Morgan fingerprint density at radius 3 is 3.07 bits per heavy atom. The standard InChI is InChI=1S/C10H16N2O2/c1-8(6-11)12-5-4-9(7-12)2-3-10(13)14/h8-9H,2-5,7H2,1H3,(H,13,14). The van der Waals surface area contributed by atoms with E-state index in [0.29, 0.717) is 5.92 Å². The molecule has 1 fully saturated rings. The summed E-state index contributed by atoms with van der Waals surface area (Å²) in [5, 5.41) is 17.2. The highest BCUT2D eigenvalue weighted by atomic mass is 16.4. The van der Waals surface area contributed by atoms with Gasteiger partial charge in [0.15, 0.2) is 0 Å². The predicted octanol–water partition coefficient (Wildman–Crippen LogP) is 1.09. The van der Waals surface area contributed by atoms with Crippen LogP contribution < -0.4 is 0 Å². The van der Waals surface area contributed by atoms with Gasteiger partial charge in [-0.2, -0.15) is 5.26 Å². The summed E-state index contributed by atoms with van der Waals surface area (Å²) >= 11 is 0. The lowest BCUT2D eigenvalue weighted by molar-refractivity contribution is -0.137. The van der Waals surface area contributed by atoms with Gasteiger partial charge in [-0.1, -0.05) is 0 Å². The maximum atomic E-state index is 10.4. The topological polar surface area (TPSA) is 64.3 Å². The van der Waals surface area contributed by atoms with Crippen LogP contribution in [0.5, 0.6) is 0 Å². The molecule has 1 aliphatic rings. The minimum atomic E-state index is -0.725. The van der Waals surface area contributed by atoms with Crippen molar-refractivity contribution in [3.8, 4) is 6.07 Å². The van der Waals surface area contributed by atoms with E-state index in [-0.39, 0.29) is 12.5 Å². The van der Waals surface area contributed by atoms with Crippen LogP contribution in [0.15, 0.2) is 0 Å². The number of likely N-dealkylation sites (tertiary alicyclic amines) is 1. The molecule has 0 bridgehead atoms. The fraction of sp³-hybridized carbons (Fsp3) is 0.800. The molecule has 4 heteroatoms. The molecule has 0 aromatic carbocycles. The summed E-state index contributed by atoms with van der Waals surface area (Å²) in [7, 11) is 0. The van der Waals surface area contributed by atoms with E-state index in [1.807, 2.05) is 6.92 Å². The number of nitriles is 1. The predicted molar refractivity (Wildman–Crippen MR) is 51.6 cm³/mol. The Labute approximate surface area is 84.1 Å². The van der Waals surface area contributed by atoms with Crippen molar-refractivity contribution in [3.63, 3.8) is 0 Å². The van der Waals surface area contributed by atoms with Crippen molar-refractivity contribution in [2.75, 3.05) is 13.1 Å². The first-order chi connectivity index (χ1) is 6.63. The van der Waals surface area contributed by atoms with Crippen LogP contribution in [0.1, 0.15) is 26.2 Å². The third-order valence-electron chi connectivity index (χ3n) is 2.82. The molecule has 0 aliphatic carbocycles. The van der Waals surface area contributed by atoms with Crippen molar-refractivity contribution in [3.05, 3.63) is 0 Å². The highest BCUT2D eigenvalue weighted by Crippen LogP contribution is 2.22. The SMILES string of the molecule is CC(C#N)N1CCC(CCC(=O)O)C1. The molecule has 14 heavy (non-hydrogen) atoms. The normalized spacial score (nSPS) is 24.4. The lowest BCUT2D eigenvalue weighted by Gasteiger charge is -2.17. The van der Waals surface area contributed by atoms with E-state index in [1.54, 1.807) is 0 Å². The summed E-state index contributed by atoms with van der Waals surface area (Å²) in [5.74, 6) is -0.265. The number of rotatable bonds is 4. The fourth-order valence-corrected chi connectivity index (χ4v) is 1.86. The molecule has 0 radical (unpaired) electrons. The van der Waals surface area contributed by atoms with Gasteiger partial charge in [-0.05, 0) is 32.2 Å². The minimum absolute atomic E-state index is 0.0372. The first-order valence-electron chi connectivity index (χ1n) is 4.99. The first-order valence-corrected chi connectivity index (χ1v) is 4.99. The maximum absolute atomic E-state index is 10.4. The van der Waals surface area contributed by atoms with Crippen molar-refractivity contribution in [1.82, 2.24) is 4.90 Å². The third kappa shape index (κ3) is 3.00. The van der Waals surface area contributed by atoms with Gasteiger partial charge in [0.25, 0.3) is 0 Å². The van der Waals surface area contributed by atoms with Gasteiger partial charge in [0.05, 0.1) is 12.1 Å². The largest absolute Gasteiger partial charge is 0.481 e. The molecule has 0 amide bonds. The Balaban J connectivity index is 2.28. The second kappa shape index (κ2) is 4.97. The summed E-state index contributed by atoms with van der Waals surface area (Å²) in [4.78, 5) is 12.5. The summed E-state index contributed by atoms with van der Waals surface area (Å²) in [5.41, 5.74) is 0. The molecule has 4 nitrogen and oxygen atoms in total. The molecule has 1 N–H and O–H groups in total. The Morgan fingerprint density at radius 1 is 1.79 bits per heavy atom. The number of carbonyl (C=O) groups is 1. The summed E-state index contributed by atoms with van der Waals surface area (Å²) in [6.07, 6.45) is 2.02. The maximum Gasteiger partial charge on any atom is 0.303 e. The van der Waals surface area contributed by atoms with Gasteiger partial charge >= 0.3 is 5.97 Å². The average molecular weight is 196 g/mol. The zero-order chi connectivity index (χ0) is 10.6. The van der Waals surface area contributed by atoms with Crippen LogP contribution in [-0.2, 0) is 4.79 Å². The zero-order valence-corrected chi connectivity index (χ0v) is 8.44. The van der Waals surface area contributed by atoms with Gasteiger partial charge in [-0.25, -0.2) is 0 Å². The van der Waals surface area contributed by atoms with Crippen LogP contribution in [0.3, 0.4) is 0 Å². The smallest absolute Gasteiger partial charge is 0.303 e. The van der Waals surface area contributed by atoms with Gasteiger partial charge in [-0.3, -0.25) is 9.69 Å². The van der Waals surface area contributed by atoms with Crippen LogP contribution in [0.2, 0.25) is 0 Å². The quantitative estimate of drug-likeness (QED) is 0.730. The fourth-order valence-electron chi connectivity index (χ4n) is 1.86.